The summed E-state index contributed by atoms with van der Waals surface area (Å²) in [6, 6.07) is 12.6. The molecule has 2 aromatic heterocycles. The molecule has 0 aliphatic rings. The standard InChI is InChI=1S/C16H18N4S/c1-11-10-13-14(19-16(17-2)20-15(13)21-11)18-9-8-12-6-4-3-5-7-12/h3-7,10H,8-9H2,1-2H3,(H2,17,18,19,20). The van der Waals surface area contributed by atoms with E-state index in [2.05, 4.69) is 57.9 Å². The fraction of sp³-hybridized carbons (Fsp3) is 0.250. The van der Waals surface area contributed by atoms with Crippen LogP contribution < -0.4 is 10.6 Å². The van der Waals surface area contributed by atoms with E-state index in [4.69, 9.17) is 0 Å². The summed E-state index contributed by atoms with van der Waals surface area (Å²) in [6.45, 7) is 2.95. The van der Waals surface area contributed by atoms with Crippen molar-refractivity contribution < 1.29 is 0 Å². The van der Waals surface area contributed by atoms with Gasteiger partial charge in [0.1, 0.15) is 10.6 Å². The lowest BCUT2D eigenvalue weighted by Gasteiger charge is -2.08. The molecular formula is C16H18N4S. The molecule has 0 radical (unpaired) electrons. The maximum atomic E-state index is 4.54. The summed E-state index contributed by atoms with van der Waals surface area (Å²) in [6.07, 6.45) is 0.977. The normalized spacial score (nSPS) is 10.8. The summed E-state index contributed by atoms with van der Waals surface area (Å²) in [4.78, 5) is 11.3. The fourth-order valence-corrected chi connectivity index (χ4v) is 3.14. The molecule has 0 amide bonds. The van der Waals surface area contributed by atoms with E-state index in [1.165, 1.54) is 10.4 Å². The topological polar surface area (TPSA) is 49.8 Å². The van der Waals surface area contributed by atoms with Crippen LogP contribution in [0.25, 0.3) is 10.2 Å². The van der Waals surface area contributed by atoms with Crippen molar-refractivity contribution in [2.24, 2.45) is 0 Å². The smallest absolute Gasteiger partial charge is 0.225 e. The zero-order chi connectivity index (χ0) is 14.7. The van der Waals surface area contributed by atoms with Gasteiger partial charge in [0, 0.05) is 18.5 Å². The number of fused-ring (bicyclic) bond motifs is 1. The number of aromatic nitrogens is 2. The van der Waals surface area contributed by atoms with Crippen LogP contribution in [0.2, 0.25) is 0 Å². The van der Waals surface area contributed by atoms with E-state index in [1.54, 1.807) is 11.3 Å². The summed E-state index contributed by atoms with van der Waals surface area (Å²) >= 11 is 1.69. The molecule has 2 N–H and O–H groups in total. The molecule has 0 bridgehead atoms. The Kier molecular flexibility index (Phi) is 4.01. The number of nitrogens with one attached hydrogen (secondary N) is 2. The molecule has 21 heavy (non-hydrogen) atoms. The second-order valence-corrected chi connectivity index (χ2v) is 6.12. The van der Waals surface area contributed by atoms with Crippen LogP contribution in [0.15, 0.2) is 36.4 Å². The highest BCUT2D eigenvalue weighted by atomic mass is 32.1. The van der Waals surface area contributed by atoms with Gasteiger partial charge < -0.3 is 10.6 Å². The highest BCUT2D eigenvalue weighted by Gasteiger charge is 2.09. The molecule has 0 unspecified atom stereocenters. The summed E-state index contributed by atoms with van der Waals surface area (Å²) in [5.41, 5.74) is 1.32. The van der Waals surface area contributed by atoms with Gasteiger partial charge in [-0.3, -0.25) is 0 Å². The van der Waals surface area contributed by atoms with Gasteiger partial charge in [-0.25, -0.2) is 4.98 Å². The van der Waals surface area contributed by atoms with E-state index in [0.717, 1.165) is 29.0 Å². The Labute approximate surface area is 128 Å². The van der Waals surface area contributed by atoms with Crippen molar-refractivity contribution in [2.45, 2.75) is 13.3 Å². The van der Waals surface area contributed by atoms with Gasteiger partial charge in [0.05, 0.1) is 5.39 Å². The second-order valence-electron chi connectivity index (χ2n) is 4.88. The van der Waals surface area contributed by atoms with Gasteiger partial charge in [-0.2, -0.15) is 4.98 Å². The molecule has 0 aliphatic heterocycles. The molecule has 2 heterocycles. The molecule has 3 aromatic rings. The average molecular weight is 298 g/mol. The van der Waals surface area contributed by atoms with Crippen LogP contribution >= 0.6 is 11.3 Å². The third-order valence-corrected chi connectivity index (χ3v) is 4.23. The Hall–Kier alpha value is -2.14. The minimum atomic E-state index is 0.659. The fourth-order valence-electron chi connectivity index (χ4n) is 2.26. The number of hydrogen-bond acceptors (Lipinski definition) is 5. The van der Waals surface area contributed by atoms with Crippen molar-refractivity contribution in [2.75, 3.05) is 24.2 Å². The zero-order valence-electron chi connectivity index (χ0n) is 12.2. The van der Waals surface area contributed by atoms with Gasteiger partial charge >= 0.3 is 0 Å². The first kappa shape index (κ1) is 13.8. The number of anilines is 2. The lowest BCUT2D eigenvalue weighted by molar-refractivity contribution is 1.01. The number of rotatable bonds is 5. The maximum Gasteiger partial charge on any atom is 0.225 e. The van der Waals surface area contributed by atoms with Crippen molar-refractivity contribution in [3.63, 3.8) is 0 Å². The molecule has 0 aliphatic carbocycles. The first-order valence-corrected chi connectivity index (χ1v) is 7.81. The van der Waals surface area contributed by atoms with Crippen LogP contribution in [-0.4, -0.2) is 23.6 Å². The Bertz CT molecular complexity index is 737. The highest BCUT2D eigenvalue weighted by molar-refractivity contribution is 7.18. The van der Waals surface area contributed by atoms with Crippen LogP contribution in [0.4, 0.5) is 11.8 Å². The lowest BCUT2D eigenvalue weighted by Crippen LogP contribution is -2.08. The van der Waals surface area contributed by atoms with Crippen molar-refractivity contribution in [1.82, 2.24) is 9.97 Å². The Balaban J connectivity index is 1.79. The summed E-state index contributed by atoms with van der Waals surface area (Å²) in [5, 5.41) is 7.56. The van der Waals surface area contributed by atoms with Crippen molar-refractivity contribution in [3.8, 4) is 0 Å². The Morgan fingerprint density at radius 1 is 1.14 bits per heavy atom. The summed E-state index contributed by atoms with van der Waals surface area (Å²) in [5.74, 6) is 1.57. The van der Waals surface area contributed by atoms with E-state index in [1.807, 2.05) is 13.1 Å². The largest absolute Gasteiger partial charge is 0.369 e. The van der Waals surface area contributed by atoms with Crippen molar-refractivity contribution >= 4 is 33.3 Å². The monoisotopic (exact) mass is 298 g/mol. The SMILES string of the molecule is CNc1nc(NCCc2ccccc2)c2cc(C)sc2n1. The third-order valence-electron chi connectivity index (χ3n) is 3.29. The molecule has 0 fully saturated rings. The van der Waals surface area contributed by atoms with Gasteiger partial charge in [-0.05, 0) is 25.0 Å². The third kappa shape index (κ3) is 3.13. The highest BCUT2D eigenvalue weighted by Crippen LogP contribution is 2.29. The predicted octanol–water partition coefficient (Wildman–Crippen LogP) is 3.70. The molecule has 4 nitrogen and oxygen atoms in total. The quantitative estimate of drug-likeness (QED) is 0.754. The van der Waals surface area contributed by atoms with Crippen LogP contribution in [0.3, 0.4) is 0 Å². The minimum absolute atomic E-state index is 0.659. The van der Waals surface area contributed by atoms with Gasteiger partial charge in [0.2, 0.25) is 5.95 Å². The van der Waals surface area contributed by atoms with E-state index in [9.17, 15) is 0 Å². The number of hydrogen-bond donors (Lipinski definition) is 2. The van der Waals surface area contributed by atoms with Gasteiger partial charge in [-0.1, -0.05) is 30.3 Å². The van der Waals surface area contributed by atoms with Crippen LogP contribution in [0.1, 0.15) is 10.4 Å². The predicted molar refractivity (Wildman–Crippen MR) is 90.3 cm³/mol. The van der Waals surface area contributed by atoms with E-state index >= 15 is 0 Å². The average Bonchev–Trinajstić information content (AvgIpc) is 2.88. The molecule has 3 rings (SSSR count). The lowest BCUT2D eigenvalue weighted by atomic mass is 10.1. The van der Waals surface area contributed by atoms with Crippen LogP contribution in [-0.2, 0) is 6.42 Å². The Morgan fingerprint density at radius 2 is 1.95 bits per heavy atom. The second kappa shape index (κ2) is 6.10. The molecule has 0 spiro atoms. The van der Waals surface area contributed by atoms with E-state index < -0.39 is 0 Å². The van der Waals surface area contributed by atoms with Crippen molar-refractivity contribution in [3.05, 3.63) is 46.8 Å². The molecule has 0 saturated carbocycles. The van der Waals surface area contributed by atoms with Crippen LogP contribution in [0, 0.1) is 6.92 Å². The molecule has 0 saturated heterocycles. The molecule has 108 valence electrons. The number of aryl methyl sites for hydroxylation is 1. The van der Waals surface area contributed by atoms with Gasteiger partial charge in [-0.15, -0.1) is 11.3 Å². The molecule has 5 heteroatoms. The van der Waals surface area contributed by atoms with Gasteiger partial charge in [0.15, 0.2) is 0 Å². The Morgan fingerprint density at radius 3 is 2.71 bits per heavy atom. The van der Waals surface area contributed by atoms with Crippen LogP contribution in [0.5, 0.6) is 0 Å². The van der Waals surface area contributed by atoms with Gasteiger partial charge in [0.25, 0.3) is 0 Å². The molecule has 0 atom stereocenters. The molecular weight excluding hydrogens is 280 g/mol. The number of nitrogens with zero attached hydrogens (tertiary/aromatic N) is 2. The summed E-state index contributed by atoms with van der Waals surface area (Å²) in [7, 11) is 1.84. The van der Waals surface area contributed by atoms with Crippen molar-refractivity contribution in [1.29, 1.82) is 0 Å². The minimum Gasteiger partial charge on any atom is -0.369 e. The first-order chi connectivity index (χ1) is 10.3. The van der Waals surface area contributed by atoms with E-state index in [0.29, 0.717) is 5.95 Å². The van der Waals surface area contributed by atoms with E-state index in [-0.39, 0.29) is 0 Å². The number of thiophene rings is 1. The first-order valence-electron chi connectivity index (χ1n) is 7.00. The number of benzene rings is 1. The maximum absolute atomic E-state index is 4.54. The molecule has 1 aromatic carbocycles. The summed E-state index contributed by atoms with van der Waals surface area (Å²) < 4.78 is 0. The zero-order valence-corrected chi connectivity index (χ0v) is 13.0.